The fourth-order valence-corrected chi connectivity index (χ4v) is 1.66. The second-order valence-corrected chi connectivity index (χ2v) is 3.73. The molecule has 0 bridgehead atoms. The number of aryl methyl sites for hydroxylation is 1. The van der Waals surface area contributed by atoms with Crippen LogP contribution >= 0.6 is 11.6 Å². The number of urea groups is 1. The van der Waals surface area contributed by atoms with Crippen LogP contribution in [0.3, 0.4) is 0 Å². The summed E-state index contributed by atoms with van der Waals surface area (Å²) in [5.74, 6) is 0. The van der Waals surface area contributed by atoms with E-state index in [9.17, 15) is 18.0 Å². The number of alkyl halides is 3. The van der Waals surface area contributed by atoms with Crippen molar-refractivity contribution in [1.29, 1.82) is 0 Å². The van der Waals surface area contributed by atoms with Crippen molar-refractivity contribution in [2.24, 2.45) is 0 Å². The summed E-state index contributed by atoms with van der Waals surface area (Å²) in [6.07, 6.45) is -4.58. The average molecular weight is 285 g/mol. The molecule has 1 aromatic heterocycles. The highest BCUT2D eigenvalue weighted by molar-refractivity contribution is 6.32. The second kappa shape index (κ2) is 5.47. The molecule has 5 nitrogen and oxygen atoms in total. The van der Waals surface area contributed by atoms with E-state index in [4.69, 9.17) is 11.6 Å². The Morgan fingerprint density at radius 1 is 1.50 bits per heavy atom. The van der Waals surface area contributed by atoms with Gasteiger partial charge < -0.3 is 10.6 Å². The summed E-state index contributed by atoms with van der Waals surface area (Å²) in [5, 5.41) is 7.84. The lowest BCUT2D eigenvalue weighted by Crippen LogP contribution is -2.32. The van der Waals surface area contributed by atoms with Crippen LogP contribution < -0.4 is 10.6 Å². The van der Waals surface area contributed by atoms with Crippen molar-refractivity contribution in [2.45, 2.75) is 26.2 Å². The number of hydrogen-bond acceptors (Lipinski definition) is 2. The van der Waals surface area contributed by atoms with Gasteiger partial charge in [0.15, 0.2) is 5.69 Å². The molecule has 1 rings (SSSR count). The highest BCUT2D eigenvalue weighted by Gasteiger charge is 2.39. The first-order valence-corrected chi connectivity index (χ1v) is 5.47. The van der Waals surface area contributed by atoms with Gasteiger partial charge in [0.25, 0.3) is 0 Å². The molecule has 1 heterocycles. The predicted octanol–water partition coefficient (Wildman–Crippen LogP) is 2.00. The van der Waals surface area contributed by atoms with Gasteiger partial charge in [-0.15, -0.1) is 0 Å². The number of aromatic nitrogens is 2. The fourth-order valence-electron chi connectivity index (χ4n) is 1.35. The zero-order valence-electron chi connectivity index (χ0n) is 9.73. The van der Waals surface area contributed by atoms with E-state index < -0.39 is 22.9 Å². The van der Waals surface area contributed by atoms with Crippen LogP contribution in [0.5, 0.6) is 0 Å². The summed E-state index contributed by atoms with van der Waals surface area (Å²) in [6.45, 7) is 1.39. The van der Waals surface area contributed by atoms with Crippen LogP contribution in [0.1, 0.15) is 18.3 Å². The van der Waals surface area contributed by atoms with Crippen LogP contribution in [0.4, 0.5) is 18.0 Å². The Morgan fingerprint density at radius 2 is 2.11 bits per heavy atom. The normalized spacial score (nSPS) is 11.4. The van der Waals surface area contributed by atoms with E-state index in [2.05, 4.69) is 15.7 Å². The molecule has 2 N–H and O–H groups in total. The molecule has 0 aromatic carbocycles. The van der Waals surface area contributed by atoms with Crippen LogP contribution in [-0.4, -0.2) is 22.9 Å². The van der Waals surface area contributed by atoms with Gasteiger partial charge in [-0.2, -0.15) is 18.3 Å². The summed E-state index contributed by atoms with van der Waals surface area (Å²) < 4.78 is 39.0. The van der Waals surface area contributed by atoms with Crippen LogP contribution in [0, 0.1) is 0 Å². The Bertz CT molecular complexity index is 444. The van der Waals surface area contributed by atoms with Crippen molar-refractivity contribution in [2.75, 3.05) is 7.05 Å². The maximum Gasteiger partial charge on any atom is 0.434 e. The number of hydrogen-bond donors (Lipinski definition) is 2. The molecule has 0 aliphatic heterocycles. The van der Waals surface area contributed by atoms with E-state index in [1.54, 1.807) is 0 Å². The Kier molecular flexibility index (Phi) is 4.44. The summed E-state index contributed by atoms with van der Waals surface area (Å²) in [6, 6.07) is -0.523. The number of nitrogens with one attached hydrogen (secondary N) is 2. The van der Waals surface area contributed by atoms with Crippen LogP contribution in [0.2, 0.25) is 5.02 Å². The molecular formula is C9H12ClF3N4O. The van der Waals surface area contributed by atoms with Crippen molar-refractivity contribution in [1.82, 2.24) is 20.4 Å². The highest BCUT2D eigenvalue weighted by Crippen LogP contribution is 2.36. The molecule has 0 spiro atoms. The van der Waals surface area contributed by atoms with Crippen LogP contribution in [0.15, 0.2) is 0 Å². The first-order valence-electron chi connectivity index (χ1n) is 5.09. The molecule has 0 fully saturated rings. The summed E-state index contributed by atoms with van der Waals surface area (Å²) >= 11 is 5.64. The smallest absolute Gasteiger partial charge is 0.341 e. The molecule has 0 unspecified atom stereocenters. The van der Waals surface area contributed by atoms with Gasteiger partial charge in [0.2, 0.25) is 0 Å². The molecule has 0 radical (unpaired) electrons. The van der Waals surface area contributed by atoms with Gasteiger partial charge in [-0.25, -0.2) is 4.79 Å². The van der Waals surface area contributed by atoms with Crippen molar-refractivity contribution < 1.29 is 18.0 Å². The maximum atomic E-state index is 12.7. The molecule has 0 aliphatic carbocycles. The summed E-state index contributed by atoms with van der Waals surface area (Å²) in [4.78, 5) is 10.9. The average Bonchev–Trinajstić information content (AvgIpc) is 2.62. The zero-order chi connectivity index (χ0) is 13.9. The lowest BCUT2D eigenvalue weighted by molar-refractivity contribution is -0.144. The Labute approximate surface area is 106 Å². The van der Waals surface area contributed by atoms with Crippen LogP contribution in [0.25, 0.3) is 0 Å². The maximum absolute atomic E-state index is 12.7. The molecule has 102 valence electrons. The molecule has 2 amide bonds. The number of amides is 2. The van der Waals surface area contributed by atoms with Gasteiger partial charge in [-0.3, -0.25) is 4.68 Å². The third kappa shape index (κ3) is 3.06. The molecule has 18 heavy (non-hydrogen) atoms. The lowest BCUT2D eigenvalue weighted by Gasteiger charge is -2.08. The van der Waals surface area contributed by atoms with E-state index in [0.717, 1.165) is 4.68 Å². The minimum Gasteiger partial charge on any atom is -0.341 e. The Balaban J connectivity index is 3.02. The third-order valence-corrected chi connectivity index (χ3v) is 2.57. The van der Waals surface area contributed by atoms with E-state index in [1.165, 1.54) is 14.0 Å². The van der Waals surface area contributed by atoms with Crippen molar-refractivity contribution in [3.63, 3.8) is 0 Å². The highest BCUT2D eigenvalue weighted by atomic mass is 35.5. The minimum absolute atomic E-state index is 0.0190. The van der Waals surface area contributed by atoms with Gasteiger partial charge >= 0.3 is 12.2 Å². The topological polar surface area (TPSA) is 59.0 Å². The Hall–Kier alpha value is -1.44. The summed E-state index contributed by atoms with van der Waals surface area (Å²) in [5.41, 5.74) is -1.02. The number of nitrogens with zero attached hydrogens (tertiary/aromatic N) is 2. The van der Waals surface area contributed by atoms with Gasteiger partial charge in [0.1, 0.15) is 5.69 Å². The zero-order valence-corrected chi connectivity index (χ0v) is 10.5. The van der Waals surface area contributed by atoms with Crippen molar-refractivity contribution in [3.8, 4) is 0 Å². The van der Waals surface area contributed by atoms with E-state index in [1.807, 2.05) is 0 Å². The van der Waals surface area contributed by atoms with Crippen LogP contribution in [-0.2, 0) is 19.3 Å². The van der Waals surface area contributed by atoms with E-state index in [-0.39, 0.29) is 18.8 Å². The largest absolute Gasteiger partial charge is 0.434 e. The van der Waals surface area contributed by atoms with Gasteiger partial charge in [0, 0.05) is 13.6 Å². The van der Waals surface area contributed by atoms with Gasteiger partial charge in [0.05, 0.1) is 11.6 Å². The van der Waals surface area contributed by atoms with E-state index >= 15 is 0 Å². The molecule has 0 saturated heterocycles. The molecule has 0 aliphatic rings. The lowest BCUT2D eigenvalue weighted by atomic mass is 10.3. The predicted molar refractivity (Wildman–Crippen MR) is 59.2 cm³/mol. The molecular weight excluding hydrogens is 273 g/mol. The summed E-state index contributed by atoms with van der Waals surface area (Å²) in [7, 11) is 1.39. The van der Waals surface area contributed by atoms with Gasteiger partial charge in [-0.1, -0.05) is 11.6 Å². The molecule has 9 heteroatoms. The Morgan fingerprint density at radius 3 is 2.50 bits per heavy atom. The molecule has 1 aromatic rings. The number of halogens is 4. The monoisotopic (exact) mass is 284 g/mol. The standard InChI is InChI=1S/C9H12ClF3N4O/c1-3-17-7(9(11,12)13)6(10)5(16-17)4-15-8(18)14-2/h3-4H2,1-2H3,(H2,14,15,18). The molecule has 0 saturated carbocycles. The van der Waals surface area contributed by atoms with Crippen molar-refractivity contribution in [3.05, 3.63) is 16.4 Å². The first-order chi connectivity index (χ1) is 8.31. The third-order valence-electron chi connectivity index (χ3n) is 2.17. The SMILES string of the molecule is CCn1nc(CNC(=O)NC)c(Cl)c1C(F)(F)F. The number of carbonyl (C=O) groups is 1. The second-order valence-electron chi connectivity index (χ2n) is 3.36. The first kappa shape index (κ1) is 14.6. The van der Waals surface area contributed by atoms with Crippen molar-refractivity contribution >= 4 is 17.6 Å². The van der Waals surface area contributed by atoms with E-state index in [0.29, 0.717) is 0 Å². The molecule has 0 atom stereocenters. The van der Waals surface area contributed by atoms with Gasteiger partial charge in [-0.05, 0) is 6.92 Å². The minimum atomic E-state index is -4.58. The number of carbonyl (C=O) groups excluding carboxylic acids is 1. The quantitative estimate of drug-likeness (QED) is 0.892. The fraction of sp³-hybridized carbons (Fsp3) is 0.556. The number of rotatable bonds is 3.